The van der Waals surface area contributed by atoms with Crippen LogP contribution in [0.2, 0.25) is 0 Å². The maximum absolute atomic E-state index is 5.30. The highest BCUT2D eigenvalue weighted by atomic mass is 31.2. The van der Waals surface area contributed by atoms with Crippen molar-refractivity contribution in [2.24, 2.45) is 14.1 Å². The Morgan fingerprint density at radius 3 is 0.896 bits per heavy atom. The Kier molecular flexibility index (Phi) is 7.53. The second kappa shape index (κ2) is 11.9. The quantitative estimate of drug-likeness (QED) is 0.155. The van der Waals surface area contributed by atoms with Gasteiger partial charge in [0, 0.05) is 46.5 Å². The molecule has 0 amide bonds. The third-order valence-corrected chi connectivity index (χ3v) is 17.1. The van der Waals surface area contributed by atoms with E-state index in [0.717, 1.165) is 0 Å². The van der Waals surface area contributed by atoms with E-state index in [9.17, 15) is 0 Å². The summed E-state index contributed by atoms with van der Waals surface area (Å²) >= 11 is 0. The van der Waals surface area contributed by atoms with Gasteiger partial charge in [0.2, 0.25) is 0 Å². The van der Waals surface area contributed by atoms with Crippen LogP contribution in [-0.4, -0.2) is 21.7 Å². The predicted octanol–water partition coefficient (Wildman–Crippen LogP) is 7.79. The monoisotopic (exact) mass is 656 g/mol. The van der Waals surface area contributed by atoms with Crippen molar-refractivity contribution in [1.29, 1.82) is 0 Å². The zero-order valence-electron chi connectivity index (χ0n) is 27.4. The van der Waals surface area contributed by atoms with Crippen LogP contribution in [0.25, 0.3) is 33.2 Å². The SMILES string of the molecule is C=P(c1ccccc1)(c1ccccc1)c1c(-c2c(P(=C)(c3ccccc3)c3ccccc3)c3ccccc3n2C)n(C)c2ccccc12. The molecular formula is C44H38N2P2. The lowest BCUT2D eigenvalue weighted by molar-refractivity contribution is 0.928. The van der Waals surface area contributed by atoms with Crippen LogP contribution in [-0.2, 0) is 14.1 Å². The van der Waals surface area contributed by atoms with E-state index in [2.05, 4.69) is 193 Å². The summed E-state index contributed by atoms with van der Waals surface area (Å²) in [4.78, 5) is 0. The number of aromatic nitrogens is 2. The van der Waals surface area contributed by atoms with E-state index < -0.39 is 13.8 Å². The molecule has 4 heteroatoms. The van der Waals surface area contributed by atoms with Gasteiger partial charge >= 0.3 is 0 Å². The third-order valence-electron chi connectivity index (χ3n) is 9.94. The smallest absolute Gasteiger partial charge is 0.0747 e. The highest BCUT2D eigenvalue weighted by Crippen LogP contribution is 2.52. The van der Waals surface area contributed by atoms with Crippen LogP contribution < -0.4 is 31.8 Å². The Morgan fingerprint density at radius 1 is 0.354 bits per heavy atom. The van der Waals surface area contributed by atoms with Crippen LogP contribution in [0.3, 0.4) is 0 Å². The standard InChI is InChI=1S/C44H38N2P2/c1-45-39-31-19-17-29-37(39)43(47(3,33-21-9-5-10-22-33)34-23-11-6-12-24-34)41(45)42-44(38-30-18-20-32-40(38)46(42)2)48(4,35-25-13-7-14-26-35)36-27-15-8-16-28-36/h5-32H,3-4H2,1-2H3. The Bertz CT molecular complexity index is 2240. The number of nitrogens with zero attached hydrogens (tertiary/aromatic N) is 2. The predicted molar refractivity (Wildman–Crippen MR) is 216 cm³/mol. The van der Waals surface area contributed by atoms with Crippen LogP contribution in [0, 0.1) is 0 Å². The van der Waals surface area contributed by atoms with E-state index in [1.807, 2.05) is 0 Å². The lowest BCUT2D eigenvalue weighted by atomic mass is 10.2. The fourth-order valence-electron chi connectivity index (χ4n) is 7.61. The van der Waals surface area contributed by atoms with E-state index >= 15 is 0 Å². The zero-order valence-corrected chi connectivity index (χ0v) is 29.2. The number of hydrogen-bond donors (Lipinski definition) is 0. The molecule has 0 atom stereocenters. The molecule has 8 rings (SSSR count). The molecular weight excluding hydrogens is 618 g/mol. The van der Waals surface area contributed by atoms with Gasteiger partial charge < -0.3 is 9.13 Å². The van der Waals surface area contributed by atoms with Gasteiger partial charge in [-0.1, -0.05) is 170 Å². The highest BCUT2D eigenvalue weighted by molar-refractivity contribution is 7.94. The summed E-state index contributed by atoms with van der Waals surface area (Å²) in [7, 11) is 4.47. The second-order valence-electron chi connectivity index (χ2n) is 12.5. The molecule has 48 heavy (non-hydrogen) atoms. The highest BCUT2D eigenvalue weighted by Gasteiger charge is 2.36. The topological polar surface area (TPSA) is 9.86 Å². The number of benzene rings is 6. The van der Waals surface area contributed by atoms with E-state index in [-0.39, 0.29) is 0 Å². The average Bonchev–Trinajstić information content (AvgIpc) is 3.62. The van der Waals surface area contributed by atoms with Crippen molar-refractivity contribution in [2.45, 2.75) is 0 Å². The molecule has 234 valence electrons. The molecule has 2 nitrogen and oxygen atoms in total. The maximum atomic E-state index is 5.30. The fraction of sp³-hybridized carbons (Fsp3) is 0.0455. The van der Waals surface area contributed by atoms with Gasteiger partial charge in [-0.2, -0.15) is 0 Å². The first-order valence-electron chi connectivity index (χ1n) is 16.3. The molecule has 0 unspecified atom stereocenters. The summed E-state index contributed by atoms with van der Waals surface area (Å²) < 4.78 is 4.85. The minimum absolute atomic E-state index is 1.20. The summed E-state index contributed by atoms with van der Waals surface area (Å²) in [6.45, 7) is -4.85. The van der Waals surface area contributed by atoms with Gasteiger partial charge in [-0.05, 0) is 47.1 Å². The molecule has 0 radical (unpaired) electrons. The largest absolute Gasteiger partial charge is 0.342 e. The Hall–Kier alpha value is -5.00. The molecule has 0 saturated heterocycles. The van der Waals surface area contributed by atoms with Crippen LogP contribution in [0.1, 0.15) is 0 Å². The number of rotatable bonds is 7. The summed E-state index contributed by atoms with van der Waals surface area (Å²) in [5, 5.41) is 10.1. The maximum Gasteiger partial charge on any atom is 0.0747 e. The fourth-order valence-corrected chi connectivity index (χ4v) is 14.4. The van der Waals surface area contributed by atoms with Crippen molar-refractivity contribution in [3.05, 3.63) is 170 Å². The van der Waals surface area contributed by atoms with E-state index in [1.165, 1.54) is 65.0 Å². The normalized spacial score (nSPS) is 12.1. The van der Waals surface area contributed by atoms with Crippen molar-refractivity contribution in [2.75, 3.05) is 0 Å². The van der Waals surface area contributed by atoms with Gasteiger partial charge in [0.05, 0.1) is 11.4 Å². The average molecular weight is 657 g/mol. The molecule has 2 aromatic heterocycles. The van der Waals surface area contributed by atoms with Crippen molar-refractivity contribution in [1.82, 2.24) is 9.13 Å². The summed E-state index contributed by atoms with van der Waals surface area (Å²) in [5.41, 5.74) is 4.82. The lowest BCUT2D eigenvalue weighted by Gasteiger charge is -2.31. The summed E-state index contributed by atoms with van der Waals surface area (Å²) in [5.74, 6) is 0. The first kappa shape index (κ1) is 30.3. The van der Waals surface area contributed by atoms with Gasteiger partial charge in [0.15, 0.2) is 0 Å². The summed E-state index contributed by atoms with van der Waals surface area (Å²) in [6.07, 6.45) is 10.6. The van der Waals surface area contributed by atoms with Crippen LogP contribution in [0.4, 0.5) is 0 Å². The van der Waals surface area contributed by atoms with Crippen molar-refractivity contribution in [3.63, 3.8) is 0 Å². The number of para-hydroxylation sites is 2. The summed E-state index contributed by atoms with van der Waals surface area (Å²) in [6, 6.07) is 61.6. The third kappa shape index (κ3) is 4.48. The van der Waals surface area contributed by atoms with Crippen LogP contribution in [0.5, 0.6) is 0 Å². The molecule has 6 aromatic carbocycles. The van der Waals surface area contributed by atoms with E-state index in [4.69, 9.17) is 12.6 Å². The number of aryl methyl sites for hydroxylation is 2. The molecule has 0 saturated carbocycles. The second-order valence-corrected chi connectivity index (χ2v) is 18.7. The zero-order chi connectivity index (χ0) is 32.9. The van der Waals surface area contributed by atoms with E-state index in [1.54, 1.807) is 0 Å². The van der Waals surface area contributed by atoms with Gasteiger partial charge in [0.1, 0.15) is 0 Å². The molecule has 0 aliphatic heterocycles. The van der Waals surface area contributed by atoms with Crippen molar-refractivity contribution >= 4 is 80.0 Å². The number of hydrogen-bond acceptors (Lipinski definition) is 0. The Balaban J connectivity index is 1.60. The van der Waals surface area contributed by atoms with Crippen molar-refractivity contribution < 1.29 is 0 Å². The van der Waals surface area contributed by atoms with Crippen LogP contribution in [0.15, 0.2) is 170 Å². The minimum Gasteiger partial charge on any atom is -0.342 e. The van der Waals surface area contributed by atoms with Crippen molar-refractivity contribution in [3.8, 4) is 11.4 Å². The molecule has 0 aliphatic carbocycles. The minimum atomic E-state index is -2.43. The molecule has 0 N–H and O–H groups in total. The first-order valence-corrected chi connectivity index (χ1v) is 20.3. The molecule has 0 fully saturated rings. The Morgan fingerprint density at radius 2 is 0.604 bits per heavy atom. The molecule has 2 heterocycles. The molecule has 0 aliphatic rings. The van der Waals surface area contributed by atoms with Gasteiger partial charge in [-0.15, -0.1) is 0 Å². The lowest BCUT2D eigenvalue weighted by Crippen LogP contribution is -2.30. The number of fused-ring (bicyclic) bond motifs is 2. The molecule has 0 spiro atoms. The Labute approximate surface area is 283 Å². The first-order chi connectivity index (χ1) is 23.5. The molecule has 8 aromatic rings. The molecule has 0 bridgehead atoms. The van der Waals surface area contributed by atoms with Gasteiger partial charge in [-0.3, -0.25) is 0 Å². The van der Waals surface area contributed by atoms with E-state index in [0.29, 0.717) is 0 Å². The van der Waals surface area contributed by atoms with Gasteiger partial charge in [-0.25, -0.2) is 0 Å². The van der Waals surface area contributed by atoms with Crippen LogP contribution >= 0.6 is 13.8 Å². The van der Waals surface area contributed by atoms with Gasteiger partial charge in [0.25, 0.3) is 0 Å².